The van der Waals surface area contributed by atoms with Crippen molar-refractivity contribution >= 4 is 5.91 Å². The van der Waals surface area contributed by atoms with E-state index in [1.54, 1.807) is 7.11 Å². The lowest BCUT2D eigenvalue weighted by Gasteiger charge is -2.40. The van der Waals surface area contributed by atoms with E-state index in [1.807, 2.05) is 23.1 Å². The second-order valence-corrected chi connectivity index (χ2v) is 7.12. The third kappa shape index (κ3) is 2.75. The number of para-hydroxylation sites is 1. The lowest BCUT2D eigenvalue weighted by molar-refractivity contribution is -0.141. The van der Waals surface area contributed by atoms with E-state index in [-0.39, 0.29) is 17.4 Å². The molecule has 0 saturated carbocycles. The average molecular weight is 331 g/mol. The molecular formula is C19H25NO4. The summed E-state index contributed by atoms with van der Waals surface area (Å²) in [5.74, 6) is 1.66. The monoisotopic (exact) mass is 331 g/mol. The summed E-state index contributed by atoms with van der Waals surface area (Å²) in [5.41, 5.74) is 1.12. The lowest BCUT2D eigenvalue weighted by Crippen LogP contribution is -2.49. The zero-order valence-corrected chi connectivity index (χ0v) is 14.3. The fourth-order valence-corrected chi connectivity index (χ4v) is 4.26. The molecule has 0 N–H and O–H groups in total. The number of benzene rings is 1. The van der Waals surface area contributed by atoms with Crippen LogP contribution in [0.25, 0.3) is 0 Å². The average Bonchev–Trinajstić information content (AvgIpc) is 3.08. The minimum Gasteiger partial charge on any atom is -0.493 e. The van der Waals surface area contributed by atoms with Crippen LogP contribution in [-0.4, -0.2) is 49.8 Å². The summed E-state index contributed by atoms with van der Waals surface area (Å²) >= 11 is 0. The van der Waals surface area contributed by atoms with E-state index >= 15 is 0 Å². The van der Waals surface area contributed by atoms with Crippen LogP contribution in [-0.2, 0) is 16.0 Å². The predicted octanol–water partition coefficient (Wildman–Crippen LogP) is 2.42. The first kappa shape index (κ1) is 15.8. The van der Waals surface area contributed by atoms with Crippen LogP contribution in [0.15, 0.2) is 18.2 Å². The quantitative estimate of drug-likeness (QED) is 0.835. The van der Waals surface area contributed by atoms with E-state index in [0.29, 0.717) is 6.61 Å². The van der Waals surface area contributed by atoms with Crippen LogP contribution in [0.4, 0.5) is 0 Å². The van der Waals surface area contributed by atoms with Crippen LogP contribution in [0.5, 0.6) is 11.5 Å². The highest BCUT2D eigenvalue weighted by Crippen LogP contribution is 2.38. The van der Waals surface area contributed by atoms with Gasteiger partial charge in [0.05, 0.1) is 18.6 Å². The molecule has 2 saturated heterocycles. The summed E-state index contributed by atoms with van der Waals surface area (Å²) in [4.78, 5) is 14.9. The van der Waals surface area contributed by atoms with Crippen molar-refractivity contribution in [2.45, 2.75) is 37.7 Å². The van der Waals surface area contributed by atoms with E-state index in [9.17, 15) is 4.79 Å². The van der Waals surface area contributed by atoms with Gasteiger partial charge in [-0.05, 0) is 43.7 Å². The maximum Gasteiger partial charge on any atom is 0.229 e. The van der Waals surface area contributed by atoms with Crippen molar-refractivity contribution in [2.75, 3.05) is 33.4 Å². The molecule has 5 nitrogen and oxygen atoms in total. The van der Waals surface area contributed by atoms with E-state index in [1.165, 1.54) is 0 Å². The van der Waals surface area contributed by atoms with Crippen LogP contribution >= 0.6 is 0 Å². The first-order valence-corrected chi connectivity index (χ1v) is 8.92. The zero-order valence-electron chi connectivity index (χ0n) is 14.3. The van der Waals surface area contributed by atoms with E-state index in [4.69, 9.17) is 14.2 Å². The van der Waals surface area contributed by atoms with Crippen molar-refractivity contribution in [3.8, 4) is 11.5 Å². The summed E-state index contributed by atoms with van der Waals surface area (Å²) in [6.07, 6.45) is 4.97. The van der Waals surface area contributed by atoms with Crippen molar-refractivity contribution in [1.29, 1.82) is 0 Å². The van der Waals surface area contributed by atoms with Crippen LogP contribution in [0.2, 0.25) is 0 Å². The molecule has 3 aliphatic heterocycles. The summed E-state index contributed by atoms with van der Waals surface area (Å²) in [7, 11) is 1.64. The maximum absolute atomic E-state index is 12.9. The van der Waals surface area contributed by atoms with Crippen molar-refractivity contribution in [3.05, 3.63) is 23.8 Å². The second kappa shape index (κ2) is 6.28. The van der Waals surface area contributed by atoms with Gasteiger partial charge in [0.25, 0.3) is 0 Å². The molecule has 1 amide bonds. The number of ether oxygens (including phenoxy) is 3. The second-order valence-electron chi connectivity index (χ2n) is 7.12. The topological polar surface area (TPSA) is 48.0 Å². The van der Waals surface area contributed by atoms with Crippen LogP contribution in [0.1, 0.15) is 31.2 Å². The van der Waals surface area contributed by atoms with Gasteiger partial charge in [0.15, 0.2) is 11.5 Å². The number of amides is 1. The number of rotatable bonds is 2. The molecule has 5 heteroatoms. The highest BCUT2D eigenvalue weighted by molar-refractivity contribution is 5.80. The number of nitrogens with zero attached hydrogens (tertiary/aromatic N) is 1. The van der Waals surface area contributed by atoms with E-state index in [2.05, 4.69) is 0 Å². The molecule has 24 heavy (non-hydrogen) atoms. The molecule has 1 aromatic rings. The molecule has 1 spiro atoms. The molecule has 130 valence electrons. The minimum absolute atomic E-state index is 0.0554. The first-order valence-electron chi connectivity index (χ1n) is 8.92. The molecule has 2 fully saturated rings. The van der Waals surface area contributed by atoms with Gasteiger partial charge in [-0.3, -0.25) is 4.79 Å². The molecular weight excluding hydrogens is 306 g/mol. The van der Waals surface area contributed by atoms with Gasteiger partial charge < -0.3 is 19.1 Å². The van der Waals surface area contributed by atoms with Gasteiger partial charge in [-0.2, -0.15) is 0 Å². The Morgan fingerprint density at radius 2 is 2.12 bits per heavy atom. The number of carbonyl (C=O) groups excluding carboxylic acids is 1. The molecule has 0 aromatic heterocycles. The Morgan fingerprint density at radius 1 is 1.29 bits per heavy atom. The molecule has 3 heterocycles. The van der Waals surface area contributed by atoms with Gasteiger partial charge in [-0.1, -0.05) is 12.1 Å². The zero-order chi connectivity index (χ0) is 16.6. The summed E-state index contributed by atoms with van der Waals surface area (Å²) < 4.78 is 17.2. The van der Waals surface area contributed by atoms with Crippen molar-refractivity contribution in [1.82, 2.24) is 4.90 Å². The van der Waals surface area contributed by atoms with Gasteiger partial charge in [-0.25, -0.2) is 0 Å². The molecule has 4 rings (SSSR count). The van der Waals surface area contributed by atoms with Gasteiger partial charge >= 0.3 is 0 Å². The lowest BCUT2D eigenvalue weighted by atomic mass is 9.87. The SMILES string of the molecule is COc1cccc2c1OC[C@@H](C(=O)N1CCC3(CCCO3)CC1)C2. The Morgan fingerprint density at radius 3 is 2.83 bits per heavy atom. The fraction of sp³-hybridized carbons (Fsp3) is 0.632. The molecule has 1 atom stereocenters. The summed E-state index contributed by atoms with van der Waals surface area (Å²) in [5, 5.41) is 0. The van der Waals surface area contributed by atoms with Crippen molar-refractivity contribution in [2.24, 2.45) is 5.92 Å². The fourth-order valence-electron chi connectivity index (χ4n) is 4.26. The normalized spacial score (nSPS) is 25.2. The number of hydrogen-bond acceptors (Lipinski definition) is 4. The molecule has 0 bridgehead atoms. The van der Waals surface area contributed by atoms with Gasteiger partial charge in [-0.15, -0.1) is 0 Å². The minimum atomic E-state index is -0.0943. The van der Waals surface area contributed by atoms with E-state index in [0.717, 1.165) is 68.9 Å². The van der Waals surface area contributed by atoms with Crippen LogP contribution < -0.4 is 9.47 Å². The Bertz CT molecular complexity index is 614. The number of carbonyl (C=O) groups is 1. The third-order valence-corrected chi connectivity index (χ3v) is 5.70. The number of hydrogen-bond donors (Lipinski definition) is 0. The summed E-state index contributed by atoms with van der Waals surface area (Å²) in [6, 6.07) is 5.87. The molecule has 1 aromatic carbocycles. The molecule has 0 unspecified atom stereocenters. The Hall–Kier alpha value is -1.75. The largest absolute Gasteiger partial charge is 0.493 e. The number of methoxy groups -OCH3 is 1. The van der Waals surface area contributed by atoms with Gasteiger partial charge in [0.1, 0.15) is 6.61 Å². The van der Waals surface area contributed by atoms with Gasteiger partial charge in [0, 0.05) is 19.7 Å². The Kier molecular flexibility index (Phi) is 4.12. The Balaban J connectivity index is 1.41. The third-order valence-electron chi connectivity index (χ3n) is 5.70. The maximum atomic E-state index is 12.9. The number of fused-ring (bicyclic) bond motifs is 1. The smallest absolute Gasteiger partial charge is 0.229 e. The number of piperidine rings is 1. The molecule has 0 radical (unpaired) electrons. The van der Waals surface area contributed by atoms with Crippen LogP contribution in [0, 0.1) is 5.92 Å². The van der Waals surface area contributed by atoms with Gasteiger partial charge in [0.2, 0.25) is 5.91 Å². The van der Waals surface area contributed by atoms with Crippen molar-refractivity contribution < 1.29 is 19.0 Å². The molecule has 3 aliphatic rings. The Labute approximate surface area is 142 Å². The highest BCUT2D eigenvalue weighted by atomic mass is 16.5. The van der Waals surface area contributed by atoms with E-state index < -0.39 is 0 Å². The summed E-state index contributed by atoms with van der Waals surface area (Å²) in [6.45, 7) is 2.92. The molecule has 0 aliphatic carbocycles. The standard InChI is InChI=1S/C19H25NO4/c1-22-16-5-2-4-14-12-15(13-23-17(14)16)18(21)20-9-7-19(8-10-20)6-3-11-24-19/h2,4-5,15H,3,6-13H2,1H3/t15-/m0/s1. The predicted molar refractivity (Wildman–Crippen MR) is 89.4 cm³/mol. The number of likely N-dealkylation sites (tertiary alicyclic amines) is 1. The first-order chi connectivity index (χ1) is 11.7. The highest BCUT2D eigenvalue weighted by Gasteiger charge is 2.41. The van der Waals surface area contributed by atoms with Crippen LogP contribution in [0.3, 0.4) is 0 Å². The van der Waals surface area contributed by atoms with Crippen molar-refractivity contribution in [3.63, 3.8) is 0 Å².